The molecule has 0 aliphatic carbocycles. The maximum atomic E-state index is 14.0. The zero-order valence-corrected chi connectivity index (χ0v) is 23.0. The number of piperidine rings is 1. The maximum absolute atomic E-state index is 14.0. The van der Waals surface area contributed by atoms with Crippen LogP contribution in [0.3, 0.4) is 0 Å². The minimum Gasteiger partial charge on any atom is -0.497 e. The Morgan fingerprint density at radius 2 is 1.80 bits per heavy atom. The zero-order chi connectivity index (χ0) is 28.1. The highest BCUT2D eigenvalue weighted by Crippen LogP contribution is 2.35. The van der Waals surface area contributed by atoms with Gasteiger partial charge in [0.05, 0.1) is 13.7 Å². The average molecular weight is 542 g/mol. The second-order valence-corrected chi connectivity index (χ2v) is 10.4. The second-order valence-electron chi connectivity index (χ2n) is 10.4. The van der Waals surface area contributed by atoms with E-state index in [9.17, 15) is 14.4 Å². The number of ether oxygens (including phenoxy) is 2. The number of hydrogen-bond acceptors (Lipinski definition) is 5. The first-order valence-corrected chi connectivity index (χ1v) is 13.8. The van der Waals surface area contributed by atoms with Gasteiger partial charge in [0.2, 0.25) is 0 Å². The molecule has 2 bridgehead atoms. The van der Waals surface area contributed by atoms with Crippen LogP contribution in [0.5, 0.6) is 11.5 Å². The monoisotopic (exact) mass is 541 g/mol. The van der Waals surface area contributed by atoms with Crippen LogP contribution in [0.1, 0.15) is 53.7 Å². The highest BCUT2D eigenvalue weighted by Gasteiger charge is 2.37. The maximum Gasteiger partial charge on any atom is 0.270 e. The molecule has 1 aromatic heterocycles. The van der Waals surface area contributed by atoms with Gasteiger partial charge in [-0.05, 0) is 72.9 Å². The summed E-state index contributed by atoms with van der Waals surface area (Å²) in [4.78, 5) is 41.5. The second kappa shape index (κ2) is 12.2. The Labute approximate surface area is 234 Å². The van der Waals surface area contributed by atoms with Gasteiger partial charge in [0, 0.05) is 42.9 Å². The van der Waals surface area contributed by atoms with Crippen molar-refractivity contribution in [1.82, 2.24) is 14.8 Å². The third kappa shape index (κ3) is 6.11. The SMILES string of the molecule is CCCCOc1ccc(C(=O)NC(=Cc2cccc(OC)c2)C(=O)N2CC3CC(C2)c2cccc(=O)n2C3)cc1. The fourth-order valence-corrected chi connectivity index (χ4v) is 5.51. The topological polar surface area (TPSA) is 89.9 Å². The van der Waals surface area contributed by atoms with Crippen LogP contribution in [0.15, 0.2) is 77.2 Å². The van der Waals surface area contributed by atoms with Gasteiger partial charge in [-0.25, -0.2) is 0 Å². The van der Waals surface area contributed by atoms with E-state index in [-0.39, 0.29) is 34.9 Å². The minimum atomic E-state index is -0.378. The molecular formula is C32H35N3O5. The normalized spacial score (nSPS) is 18.1. The molecule has 2 aromatic carbocycles. The molecule has 40 heavy (non-hydrogen) atoms. The quantitative estimate of drug-likeness (QED) is 0.319. The van der Waals surface area contributed by atoms with Crippen LogP contribution >= 0.6 is 0 Å². The van der Waals surface area contributed by atoms with Crippen molar-refractivity contribution in [3.63, 3.8) is 0 Å². The van der Waals surface area contributed by atoms with E-state index in [0.717, 1.165) is 30.5 Å². The summed E-state index contributed by atoms with van der Waals surface area (Å²) < 4.78 is 12.9. The molecule has 0 spiro atoms. The van der Waals surface area contributed by atoms with E-state index in [4.69, 9.17) is 9.47 Å². The lowest BCUT2D eigenvalue weighted by Gasteiger charge is -2.43. The molecular weight excluding hydrogens is 506 g/mol. The smallest absolute Gasteiger partial charge is 0.270 e. The summed E-state index contributed by atoms with van der Waals surface area (Å²) in [5, 5.41) is 2.88. The van der Waals surface area contributed by atoms with Gasteiger partial charge in [-0.15, -0.1) is 0 Å². The zero-order valence-electron chi connectivity index (χ0n) is 23.0. The van der Waals surface area contributed by atoms with Crippen molar-refractivity contribution in [2.75, 3.05) is 26.8 Å². The number of benzene rings is 2. The molecule has 3 aromatic rings. The summed E-state index contributed by atoms with van der Waals surface area (Å²) >= 11 is 0. The summed E-state index contributed by atoms with van der Waals surface area (Å²) in [6, 6.07) is 19.6. The first-order chi connectivity index (χ1) is 19.4. The Hall–Kier alpha value is -4.33. The number of pyridine rings is 1. The fourth-order valence-electron chi connectivity index (χ4n) is 5.51. The van der Waals surface area contributed by atoms with Crippen molar-refractivity contribution in [1.29, 1.82) is 0 Å². The standard InChI is InChI=1S/C32H35N3O5/c1-3-4-15-40-26-13-11-24(12-14-26)31(37)33-28(18-22-7-5-8-27(17-22)39-2)32(38)34-19-23-16-25(21-34)29-9-6-10-30(36)35(29)20-23/h5-14,17-18,23,25H,3-4,15-16,19-21H2,1-2H3,(H,33,37). The van der Waals surface area contributed by atoms with Crippen molar-refractivity contribution < 1.29 is 19.1 Å². The lowest BCUT2D eigenvalue weighted by atomic mass is 9.83. The van der Waals surface area contributed by atoms with Crippen LogP contribution in [0.25, 0.3) is 6.08 Å². The Morgan fingerprint density at radius 3 is 2.58 bits per heavy atom. The highest BCUT2D eigenvalue weighted by atomic mass is 16.5. The Balaban J connectivity index is 1.39. The average Bonchev–Trinajstić information content (AvgIpc) is 2.97. The van der Waals surface area contributed by atoms with Crippen LogP contribution < -0.4 is 20.3 Å². The van der Waals surface area contributed by atoms with Gasteiger partial charge in [0.1, 0.15) is 17.2 Å². The molecule has 0 saturated carbocycles. The van der Waals surface area contributed by atoms with Crippen LogP contribution in [-0.2, 0) is 11.3 Å². The van der Waals surface area contributed by atoms with E-state index in [1.165, 1.54) is 0 Å². The predicted molar refractivity (Wildman–Crippen MR) is 153 cm³/mol. The minimum absolute atomic E-state index is 0.000341. The Morgan fingerprint density at radius 1 is 1.00 bits per heavy atom. The number of likely N-dealkylation sites (tertiary alicyclic amines) is 1. The summed E-state index contributed by atoms with van der Waals surface area (Å²) in [6.45, 7) is 4.31. The highest BCUT2D eigenvalue weighted by molar-refractivity contribution is 6.05. The van der Waals surface area contributed by atoms with E-state index >= 15 is 0 Å². The van der Waals surface area contributed by atoms with Crippen molar-refractivity contribution >= 4 is 17.9 Å². The van der Waals surface area contributed by atoms with Crippen molar-refractivity contribution in [2.45, 2.75) is 38.6 Å². The number of fused-ring (bicyclic) bond motifs is 4. The van der Waals surface area contributed by atoms with Gasteiger partial charge >= 0.3 is 0 Å². The van der Waals surface area contributed by atoms with Crippen LogP contribution in [0.4, 0.5) is 0 Å². The predicted octanol–water partition coefficient (Wildman–Crippen LogP) is 4.45. The van der Waals surface area contributed by atoms with Crippen LogP contribution in [-0.4, -0.2) is 48.1 Å². The number of rotatable bonds is 9. The van der Waals surface area contributed by atoms with Gasteiger partial charge in [-0.1, -0.05) is 31.5 Å². The van der Waals surface area contributed by atoms with Gasteiger partial charge in [0.25, 0.3) is 17.4 Å². The largest absolute Gasteiger partial charge is 0.497 e. The lowest BCUT2D eigenvalue weighted by Crippen LogP contribution is -2.50. The van der Waals surface area contributed by atoms with Gasteiger partial charge < -0.3 is 24.3 Å². The molecule has 8 heteroatoms. The molecule has 5 rings (SSSR count). The number of nitrogens with one attached hydrogen (secondary N) is 1. The summed E-state index contributed by atoms with van der Waals surface area (Å²) in [6.07, 6.45) is 4.62. The van der Waals surface area contributed by atoms with Crippen LogP contribution in [0, 0.1) is 5.92 Å². The van der Waals surface area contributed by atoms with E-state index < -0.39 is 0 Å². The lowest BCUT2D eigenvalue weighted by molar-refractivity contribution is -0.130. The summed E-state index contributed by atoms with van der Waals surface area (Å²) in [7, 11) is 1.59. The molecule has 3 heterocycles. The third-order valence-corrected chi connectivity index (χ3v) is 7.53. The number of hydrogen-bond donors (Lipinski definition) is 1. The Kier molecular flexibility index (Phi) is 8.34. The van der Waals surface area contributed by atoms with Crippen molar-refractivity contribution in [3.8, 4) is 11.5 Å². The molecule has 0 radical (unpaired) electrons. The first kappa shape index (κ1) is 27.2. The number of methoxy groups -OCH3 is 1. The fraction of sp³-hybridized carbons (Fsp3) is 0.344. The molecule has 1 saturated heterocycles. The molecule has 1 N–H and O–H groups in total. The molecule has 2 amide bonds. The van der Waals surface area contributed by atoms with E-state index in [2.05, 4.69) is 12.2 Å². The number of amides is 2. The molecule has 1 fully saturated rings. The summed E-state index contributed by atoms with van der Waals surface area (Å²) in [5.41, 5.74) is 2.31. The number of nitrogens with zero attached hydrogens (tertiary/aromatic N) is 2. The van der Waals surface area contributed by atoms with E-state index in [0.29, 0.717) is 43.3 Å². The molecule has 2 atom stereocenters. The molecule has 2 unspecified atom stereocenters. The number of unbranched alkanes of at least 4 members (excludes halogenated alkanes) is 1. The van der Waals surface area contributed by atoms with Gasteiger partial charge in [-0.3, -0.25) is 14.4 Å². The number of carbonyl (C=O) groups excluding carboxylic acids is 2. The van der Waals surface area contributed by atoms with Gasteiger partial charge in [0.15, 0.2) is 0 Å². The number of aromatic nitrogens is 1. The van der Waals surface area contributed by atoms with Crippen LogP contribution in [0.2, 0.25) is 0 Å². The molecule has 208 valence electrons. The van der Waals surface area contributed by atoms with Crippen molar-refractivity contribution in [2.24, 2.45) is 5.92 Å². The van der Waals surface area contributed by atoms with Crippen molar-refractivity contribution in [3.05, 3.63) is 99.6 Å². The number of carbonyl (C=O) groups is 2. The Bertz CT molecular complexity index is 1460. The molecule has 2 aliphatic heterocycles. The summed E-state index contributed by atoms with van der Waals surface area (Å²) in [5.74, 6) is 0.963. The third-order valence-electron chi connectivity index (χ3n) is 7.53. The van der Waals surface area contributed by atoms with Gasteiger partial charge in [-0.2, -0.15) is 0 Å². The van der Waals surface area contributed by atoms with E-state index in [1.54, 1.807) is 54.5 Å². The van der Waals surface area contributed by atoms with E-state index in [1.807, 2.05) is 34.9 Å². The first-order valence-electron chi connectivity index (χ1n) is 13.8. The molecule has 8 nitrogen and oxygen atoms in total. The molecule has 2 aliphatic rings.